The number of aliphatic imine (C=N–C) groups is 1. The van der Waals surface area contributed by atoms with Gasteiger partial charge in [0.1, 0.15) is 5.75 Å². The number of rotatable bonds is 11. The van der Waals surface area contributed by atoms with Crippen LogP contribution in [0.15, 0.2) is 53.8 Å². The molecule has 0 radical (unpaired) electrons. The molecule has 0 amide bonds. The number of nitriles is 1. The lowest BCUT2D eigenvalue weighted by atomic mass is 10.1. The predicted octanol–water partition coefficient (Wildman–Crippen LogP) is 3.86. The molecule has 0 aliphatic rings. The van der Waals surface area contributed by atoms with Crippen LogP contribution in [0, 0.1) is 21.6 Å². The molecule has 2 aromatic rings. The molecule has 0 atom stereocenters. The maximum atomic E-state index is 10.7. The van der Waals surface area contributed by atoms with Crippen molar-refractivity contribution in [2.24, 2.45) is 4.99 Å². The van der Waals surface area contributed by atoms with Crippen LogP contribution >= 0.6 is 0 Å². The van der Waals surface area contributed by atoms with Crippen molar-refractivity contribution in [1.82, 2.24) is 10.3 Å². The Labute approximate surface area is 169 Å². The van der Waals surface area contributed by atoms with E-state index >= 15 is 0 Å². The summed E-state index contributed by atoms with van der Waals surface area (Å²) >= 11 is 0. The fourth-order valence-electron chi connectivity index (χ4n) is 2.55. The van der Waals surface area contributed by atoms with E-state index in [1.165, 1.54) is 12.1 Å². The number of ether oxygens (including phenoxy) is 1. The Morgan fingerprint density at radius 1 is 1.17 bits per heavy atom. The van der Waals surface area contributed by atoms with Gasteiger partial charge in [0.15, 0.2) is 6.19 Å². The van der Waals surface area contributed by atoms with Crippen LogP contribution in [0.2, 0.25) is 0 Å². The Balaban J connectivity index is 1.58. The fourth-order valence-corrected chi connectivity index (χ4v) is 2.55. The van der Waals surface area contributed by atoms with Crippen molar-refractivity contribution in [3.63, 3.8) is 0 Å². The Kier molecular flexibility index (Phi) is 9.45. The summed E-state index contributed by atoms with van der Waals surface area (Å²) in [6.07, 6.45) is 10.1. The van der Waals surface area contributed by atoms with E-state index in [2.05, 4.69) is 20.6 Å². The van der Waals surface area contributed by atoms with Crippen LogP contribution in [-0.4, -0.2) is 29.0 Å². The van der Waals surface area contributed by atoms with Crippen LogP contribution in [0.25, 0.3) is 0 Å². The van der Waals surface area contributed by atoms with Crippen LogP contribution in [-0.2, 0) is 0 Å². The normalized spacial score (nSPS) is 10.8. The summed E-state index contributed by atoms with van der Waals surface area (Å²) in [7, 11) is 0. The van der Waals surface area contributed by atoms with Gasteiger partial charge >= 0.3 is 0 Å². The van der Waals surface area contributed by atoms with Crippen LogP contribution < -0.4 is 15.4 Å². The number of nitrogens with one attached hydrogen (secondary N) is 2. The third-order valence-electron chi connectivity index (χ3n) is 3.99. The zero-order chi connectivity index (χ0) is 20.7. The van der Waals surface area contributed by atoms with Crippen LogP contribution in [0.5, 0.6) is 5.75 Å². The summed E-state index contributed by atoms with van der Waals surface area (Å²) in [5.41, 5.74) is 0.844. The van der Waals surface area contributed by atoms with Gasteiger partial charge in [-0.05, 0) is 31.0 Å². The van der Waals surface area contributed by atoms with Gasteiger partial charge < -0.3 is 10.1 Å². The molecule has 2 rings (SSSR count). The Hall–Kier alpha value is -3.67. The zero-order valence-electron chi connectivity index (χ0n) is 16.1. The summed E-state index contributed by atoms with van der Waals surface area (Å²) in [6, 6.07) is 9.81. The maximum absolute atomic E-state index is 10.7. The Bertz CT molecular complexity index is 836. The molecule has 29 heavy (non-hydrogen) atoms. The number of unbranched alkanes of at least 4 members (excludes halogenated alkanes) is 4. The van der Waals surface area contributed by atoms with E-state index in [1.807, 2.05) is 6.19 Å². The van der Waals surface area contributed by atoms with Crippen molar-refractivity contribution >= 4 is 17.3 Å². The molecule has 0 aliphatic heterocycles. The summed E-state index contributed by atoms with van der Waals surface area (Å²) in [5, 5.41) is 25.1. The van der Waals surface area contributed by atoms with Crippen molar-refractivity contribution in [3.05, 3.63) is 58.9 Å². The monoisotopic (exact) mass is 396 g/mol. The summed E-state index contributed by atoms with van der Waals surface area (Å²) < 4.78 is 5.56. The smallest absolute Gasteiger partial charge is 0.273 e. The highest BCUT2D eigenvalue weighted by atomic mass is 16.6. The standard InChI is InChI=1S/C20H24N6O3/c21-16-24-20(25-17-9-12-22-13-10-17)23-11-4-2-1-3-5-14-29-19-8-6-7-18(15-19)26(27)28/h6-10,12-13,15H,1-5,11,14H2,(H2,22,23,24,25). The van der Waals surface area contributed by atoms with E-state index in [9.17, 15) is 10.1 Å². The topological polar surface area (TPSA) is 125 Å². The average Bonchev–Trinajstić information content (AvgIpc) is 2.73. The molecule has 1 heterocycles. The van der Waals surface area contributed by atoms with E-state index < -0.39 is 4.92 Å². The molecule has 0 saturated carbocycles. The molecule has 0 spiro atoms. The van der Waals surface area contributed by atoms with Gasteiger partial charge in [-0.2, -0.15) is 5.26 Å². The number of pyridine rings is 1. The second-order valence-electron chi connectivity index (χ2n) is 6.20. The van der Waals surface area contributed by atoms with Crippen molar-refractivity contribution in [1.29, 1.82) is 5.26 Å². The number of hydrogen-bond acceptors (Lipinski definition) is 6. The quantitative estimate of drug-likeness (QED) is 0.112. The third kappa shape index (κ3) is 8.71. The minimum Gasteiger partial charge on any atom is -0.493 e. The predicted molar refractivity (Wildman–Crippen MR) is 111 cm³/mol. The van der Waals surface area contributed by atoms with E-state index in [0.29, 0.717) is 24.9 Å². The number of non-ortho nitro benzene ring substituents is 1. The highest BCUT2D eigenvalue weighted by Gasteiger charge is 2.06. The molecule has 152 valence electrons. The second-order valence-corrected chi connectivity index (χ2v) is 6.20. The first kappa shape index (κ1) is 21.6. The van der Waals surface area contributed by atoms with Gasteiger partial charge in [-0.25, -0.2) is 0 Å². The number of benzene rings is 1. The first-order valence-corrected chi connectivity index (χ1v) is 9.43. The molecule has 1 aromatic heterocycles. The molecule has 1 aromatic carbocycles. The molecule has 0 bridgehead atoms. The van der Waals surface area contributed by atoms with Crippen molar-refractivity contribution in [2.75, 3.05) is 18.5 Å². The number of hydrogen-bond donors (Lipinski definition) is 2. The van der Waals surface area contributed by atoms with Gasteiger partial charge in [0.05, 0.1) is 17.6 Å². The van der Waals surface area contributed by atoms with Crippen molar-refractivity contribution in [3.8, 4) is 11.9 Å². The number of anilines is 1. The fraction of sp³-hybridized carbons (Fsp3) is 0.350. The van der Waals surface area contributed by atoms with Crippen molar-refractivity contribution in [2.45, 2.75) is 32.1 Å². The summed E-state index contributed by atoms with van der Waals surface area (Å²) in [4.78, 5) is 18.6. The number of nitro groups is 1. The van der Waals surface area contributed by atoms with Gasteiger partial charge in [0, 0.05) is 30.7 Å². The first-order valence-electron chi connectivity index (χ1n) is 9.43. The van der Waals surface area contributed by atoms with Gasteiger partial charge in [-0.3, -0.25) is 25.4 Å². The first-order chi connectivity index (χ1) is 14.2. The Morgan fingerprint density at radius 3 is 2.69 bits per heavy atom. The van der Waals surface area contributed by atoms with Gasteiger partial charge in [0.2, 0.25) is 5.96 Å². The lowest BCUT2D eigenvalue weighted by molar-refractivity contribution is -0.384. The molecule has 0 unspecified atom stereocenters. The van der Waals surface area contributed by atoms with Crippen LogP contribution in [0.4, 0.5) is 11.4 Å². The number of nitrogens with zero attached hydrogens (tertiary/aromatic N) is 4. The molecule has 0 aliphatic carbocycles. The third-order valence-corrected chi connectivity index (χ3v) is 3.99. The molecule has 0 fully saturated rings. The number of nitro benzene ring substituents is 1. The molecule has 9 heteroatoms. The number of guanidine groups is 1. The van der Waals surface area contributed by atoms with E-state index in [-0.39, 0.29) is 5.69 Å². The maximum Gasteiger partial charge on any atom is 0.273 e. The highest BCUT2D eigenvalue weighted by Crippen LogP contribution is 2.19. The van der Waals surface area contributed by atoms with Crippen molar-refractivity contribution < 1.29 is 9.66 Å². The molecule has 2 N–H and O–H groups in total. The van der Waals surface area contributed by atoms with E-state index in [4.69, 9.17) is 10.00 Å². The summed E-state index contributed by atoms with van der Waals surface area (Å²) in [5.74, 6) is 0.941. The number of aromatic nitrogens is 1. The minimum absolute atomic E-state index is 0.0340. The molecular formula is C20H24N6O3. The highest BCUT2D eigenvalue weighted by molar-refractivity contribution is 5.94. The Morgan fingerprint density at radius 2 is 1.93 bits per heavy atom. The lowest BCUT2D eigenvalue weighted by Gasteiger charge is -2.07. The van der Waals surface area contributed by atoms with Gasteiger partial charge in [-0.1, -0.05) is 25.3 Å². The zero-order valence-corrected chi connectivity index (χ0v) is 16.1. The molecule has 9 nitrogen and oxygen atoms in total. The average molecular weight is 396 g/mol. The van der Waals surface area contributed by atoms with E-state index in [1.54, 1.807) is 36.7 Å². The van der Waals surface area contributed by atoms with Gasteiger partial charge in [-0.15, -0.1) is 0 Å². The van der Waals surface area contributed by atoms with Crippen LogP contribution in [0.3, 0.4) is 0 Å². The SMILES string of the molecule is N#CNC(=NCCCCCCCOc1cccc([N+](=O)[O-])c1)Nc1ccncc1. The van der Waals surface area contributed by atoms with Crippen LogP contribution in [0.1, 0.15) is 32.1 Å². The molecule has 0 saturated heterocycles. The largest absolute Gasteiger partial charge is 0.493 e. The van der Waals surface area contributed by atoms with E-state index in [0.717, 1.165) is 37.8 Å². The van der Waals surface area contributed by atoms with Gasteiger partial charge in [0.25, 0.3) is 5.69 Å². The second kappa shape index (κ2) is 12.7. The minimum atomic E-state index is -0.431. The lowest BCUT2D eigenvalue weighted by Crippen LogP contribution is -2.27. The molecular weight excluding hydrogens is 372 g/mol. The summed E-state index contributed by atoms with van der Waals surface area (Å²) in [6.45, 7) is 1.15.